The zero-order chi connectivity index (χ0) is 27.3. The number of aliphatic hydroxyl groups excluding tert-OH is 2. The third-order valence-corrected chi connectivity index (χ3v) is 10.9. The molecular weight excluding hydrogens is 468 g/mol. The smallest absolute Gasteiger partial charge is 0.141 e. The lowest BCUT2D eigenvalue weighted by molar-refractivity contribution is -0.127. The number of ketones is 1. The van der Waals surface area contributed by atoms with Crippen molar-refractivity contribution in [3.63, 3.8) is 0 Å². The van der Waals surface area contributed by atoms with Gasteiger partial charge < -0.3 is 10.2 Å². The van der Waals surface area contributed by atoms with E-state index in [1.54, 1.807) is 5.57 Å². The van der Waals surface area contributed by atoms with Crippen LogP contribution in [0, 0.1) is 28.6 Å². The number of allylic oxidation sites excluding steroid dienone is 5. The highest BCUT2D eigenvalue weighted by molar-refractivity contribution is 5.88. The monoisotopic (exact) mass is 522 g/mol. The minimum Gasteiger partial charge on any atom is -0.393 e. The van der Waals surface area contributed by atoms with Crippen LogP contribution in [0.4, 0.5) is 0 Å². The van der Waals surface area contributed by atoms with Crippen LogP contribution in [0.1, 0.15) is 124 Å². The normalized spacial score (nSPS) is 34.6. The van der Waals surface area contributed by atoms with E-state index in [9.17, 15) is 15.0 Å². The topological polar surface area (TPSA) is 57.5 Å². The molecule has 0 aliphatic heterocycles. The summed E-state index contributed by atoms with van der Waals surface area (Å²) < 4.78 is 0. The van der Waals surface area contributed by atoms with E-state index in [4.69, 9.17) is 0 Å². The summed E-state index contributed by atoms with van der Waals surface area (Å²) in [7, 11) is 0. The van der Waals surface area contributed by atoms with Gasteiger partial charge in [-0.15, -0.1) is 0 Å². The van der Waals surface area contributed by atoms with E-state index in [2.05, 4.69) is 45.6 Å². The van der Waals surface area contributed by atoms with Crippen molar-refractivity contribution in [2.75, 3.05) is 0 Å². The van der Waals surface area contributed by atoms with Crippen molar-refractivity contribution >= 4 is 5.78 Å². The molecule has 0 radical (unpaired) electrons. The molecule has 38 heavy (non-hydrogen) atoms. The zero-order valence-electron chi connectivity index (χ0n) is 24.5. The fourth-order valence-electron chi connectivity index (χ4n) is 8.15. The van der Waals surface area contributed by atoms with Crippen molar-refractivity contribution in [2.24, 2.45) is 28.6 Å². The van der Waals surface area contributed by atoms with Crippen molar-refractivity contribution < 1.29 is 15.0 Å². The van der Waals surface area contributed by atoms with Gasteiger partial charge in [0.05, 0.1) is 17.6 Å². The second-order valence-electron chi connectivity index (χ2n) is 13.5. The number of rotatable bonds is 12. The predicted molar refractivity (Wildman–Crippen MR) is 158 cm³/mol. The number of aliphatic hydroxyl groups is 2. The summed E-state index contributed by atoms with van der Waals surface area (Å²) in [6.45, 7) is 11.3. The van der Waals surface area contributed by atoms with Gasteiger partial charge in [0.15, 0.2) is 0 Å². The van der Waals surface area contributed by atoms with Gasteiger partial charge >= 0.3 is 0 Å². The maximum Gasteiger partial charge on any atom is 0.141 e. The van der Waals surface area contributed by atoms with Crippen LogP contribution in [0.3, 0.4) is 0 Å². The summed E-state index contributed by atoms with van der Waals surface area (Å²) in [6, 6.07) is 0. The number of fused-ring (bicyclic) bond motifs is 1. The molecule has 4 aliphatic rings. The molecule has 4 aliphatic carbocycles. The van der Waals surface area contributed by atoms with Crippen molar-refractivity contribution in [3.05, 3.63) is 47.6 Å². The standard InChI is InChI=1S/C35H54O3/c1-5-6-7-8-9-12-32(37)35(22-23-35)33(38)20-14-26(3)30-18-19-31-27(11-10-21-34(30,31)4)15-16-28-24-29(36)17-13-25(28)2/h14-16,20,26,29-31,33,36,38H,2,5-13,17-19,21-24H2,1,3-4H3/b20-14+,27-15+,28-16-/t26-,29+,30-,31+,33-,34-/m1/s1. The lowest BCUT2D eigenvalue weighted by Crippen LogP contribution is -2.35. The summed E-state index contributed by atoms with van der Waals surface area (Å²) in [6.07, 6.45) is 24.7. The van der Waals surface area contributed by atoms with Crippen LogP contribution in [-0.2, 0) is 4.79 Å². The molecule has 212 valence electrons. The molecule has 3 heteroatoms. The quantitative estimate of drug-likeness (QED) is 0.200. The molecule has 6 atom stereocenters. The molecule has 2 N–H and O–H groups in total. The first-order chi connectivity index (χ1) is 18.2. The Bertz CT molecular complexity index is 935. The Balaban J connectivity index is 1.36. The third kappa shape index (κ3) is 6.47. The highest BCUT2D eigenvalue weighted by Crippen LogP contribution is 2.60. The predicted octanol–water partition coefficient (Wildman–Crippen LogP) is 8.42. The summed E-state index contributed by atoms with van der Waals surface area (Å²) in [5, 5.41) is 21.2. The average molecular weight is 523 g/mol. The molecule has 0 unspecified atom stereocenters. The van der Waals surface area contributed by atoms with E-state index in [0.29, 0.717) is 24.2 Å². The van der Waals surface area contributed by atoms with Crippen molar-refractivity contribution in [1.82, 2.24) is 0 Å². The van der Waals surface area contributed by atoms with Crippen LogP contribution in [0.5, 0.6) is 0 Å². The van der Waals surface area contributed by atoms with E-state index >= 15 is 0 Å². The Labute approximate surface area is 232 Å². The molecule has 0 aromatic heterocycles. The molecule has 0 bridgehead atoms. The van der Waals surface area contributed by atoms with Gasteiger partial charge in [0.2, 0.25) is 0 Å². The fraction of sp³-hybridized carbons (Fsp3) is 0.743. The summed E-state index contributed by atoms with van der Waals surface area (Å²) in [5.74, 6) is 1.90. The lowest BCUT2D eigenvalue weighted by Gasteiger charge is -2.44. The first-order valence-corrected chi connectivity index (χ1v) is 15.9. The molecule has 4 fully saturated rings. The molecule has 0 spiro atoms. The first-order valence-electron chi connectivity index (χ1n) is 15.9. The van der Waals surface area contributed by atoms with Crippen LogP contribution < -0.4 is 0 Å². The van der Waals surface area contributed by atoms with E-state index in [0.717, 1.165) is 44.9 Å². The maximum absolute atomic E-state index is 13.0. The second-order valence-corrected chi connectivity index (χ2v) is 13.5. The molecule has 0 aromatic rings. The van der Waals surface area contributed by atoms with Crippen molar-refractivity contribution in [3.8, 4) is 0 Å². The highest BCUT2D eigenvalue weighted by atomic mass is 16.3. The van der Waals surface area contributed by atoms with E-state index < -0.39 is 11.5 Å². The number of Topliss-reactive ketones (excluding diaryl/α,β-unsaturated/α-hetero) is 1. The largest absolute Gasteiger partial charge is 0.393 e. The molecule has 4 saturated carbocycles. The number of hydrogen-bond acceptors (Lipinski definition) is 3. The van der Waals surface area contributed by atoms with Gasteiger partial charge in [-0.05, 0) is 99.4 Å². The minimum atomic E-state index is -0.634. The van der Waals surface area contributed by atoms with Gasteiger partial charge in [-0.2, -0.15) is 0 Å². The molecule has 0 heterocycles. The number of carbonyl (C=O) groups excluding carboxylic acids is 1. The van der Waals surface area contributed by atoms with Crippen LogP contribution in [0.2, 0.25) is 0 Å². The van der Waals surface area contributed by atoms with Crippen LogP contribution >= 0.6 is 0 Å². The Kier molecular flexibility index (Phi) is 9.96. The van der Waals surface area contributed by atoms with Crippen molar-refractivity contribution in [2.45, 2.75) is 136 Å². The zero-order valence-corrected chi connectivity index (χ0v) is 24.5. The Morgan fingerprint density at radius 3 is 2.55 bits per heavy atom. The van der Waals surface area contributed by atoms with Gasteiger partial charge in [0.1, 0.15) is 5.78 Å². The van der Waals surface area contributed by atoms with Gasteiger partial charge in [-0.25, -0.2) is 0 Å². The van der Waals surface area contributed by atoms with Crippen LogP contribution in [-0.4, -0.2) is 28.2 Å². The van der Waals surface area contributed by atoms with Crippen LogP contribution in [0.25, 0.3) is 0 Å². The van der Waals surface area contributed by atoms with Gasteiger partial charge in [-0.3, -0.25) is 4.79 Å². The Morgan fingerprint density at radius 2 is 1.82 bits per heavy atom. The molecular formula is C35H54O3. The SMILES string of the molecule is C=C1CC[C@H](O)C/C1=C/C=C1\CCC[C@]2(C)[C@@H]([C@H](C)/C=C/[C@@H](O)C3(C(=O)CCCCCCC)CC3)CC[C@@H]12. The number of unbranched alkanes of at least 4 members (excludes halogenated alkanes) is 4. The molecule has 0 amide bonds. The molecule has 0 aromatic carbocycles. The summed E-state index contributed by atoms with van der Waals surface area (Å²) >= 11 is 0. The molecule has 4 rings (SSSR count). The third-order valence-electron chi connectivity index (χ3n) is 10.9. The Hall–Kier alpha value is -1.45. The van der Waals surface area contributed by atoms with Gasteiger partial charge in [0.25, 0.3) is 0 Å². The summed E-state index contributed by atoms with van der Waals surface area (Å²) in [5.41, 5.74) is 3.79. The molecule has 0 saturated heterocycles. The summed E-state index contributed by atoms with van der Waals surface area (Å²) in [4.78, 5) is 13.0. The maximum atomic E-state index is 13.0. The first kappa shape index (κ1) is 29.5. The minimum absolute atomic E-state index is 0.225. The number of carbonyl (C=O) groups is 1. The van der Waals surface area contributed by atoms with Gasteiger partial charge in [0, 0.05) is 6.42 Å². The average Bonchev–Trinajstić information content (AvgIpc) is 3.63. The van der Waals surface area contributed by atoms with E-state index in [-0.39, 0.29) is 17.3 Å². The van der Waals surface area contributed by atoms with Gasteiger partial charge in [-0.1, -0.05) is 88.5 Å². The lowest BCUT2D eigenvalue weighted by atomic mass is 9.61. The Morgan fingerprint density at radius 1 is 1.05 bits per heavy atom. The van der Waals surface area contributed by atoms with E-state index in [1.165, 1.54) is 62.5 Å². The fourth-order valence-corrected chi connectivity index (χ4v) is 8.15. The van der Waals surface area contributed by atoms with Crippen LogP contribution in [0.15, 0.2) is 47.6 Å². The second kappa shape index (κ2) is 12.8. The highest BCUT2D eigenvalue weighted by Gasteiger charge is 2.54. The van der Waals surface area contributed by atoms with E-state index in [1.807, 2.05) is 6.08 Å². The van der Waals surface area contributed by atoms with Crippen molar-refractivity contribution in [1.29, 1.82) is 0 Å². The molecule has 3 nitrogen and oxygen atoms in total. The number of hydrogen-bond donors (Lipinski definition) is 2.